The van der Waals surface area contributed by atoms with Crippen LogP contribution in [0.25, 0.3) is 5.57 Å². The molecule has 0 radical (unpaired) electrons. The molecule has 0 aromatic heterocycles. The predicted molar refractivity (Wildman–Crippen MR) is 98.9 cm³/mol. The lowest BCUT2D eigenvalue weighted by Crippen LogP contribution is -2.53. The van der Waals surface area contributed by atoms with Gasteiger partial charge in [-0.2, -0.15) is 0 Å². The molecule has 0 spiro atoms. The Morgan fingerprint density at radius 3 is 2.36 bits per heavy atom. The Kier molecular flexibility index (Phi) is 4.89. The Balaban J connectivity index is 1.89. The zero-order chi connectivity index (χ0) is 15.6. The summed E-state index contributed by atoms with van der Waals surface area (Å²) in [6.07, 6.45) is 12.3. The molecule has 1 atom stereocenters. The Hall–Kier alpha value is -0.860. The van der Waals surface area contributed by atoms with Gasteiger partial charge in [-0.05, 0) is 61.5 Å². The molecule has 1 saturated heterocycles. The van der Waals surface area contributed by atoms with Gasteiger partial charge in [0.15, 0.2) is 0 Å². The average molecular weight is 360 g/mol. The van der Waals surface area contributed by atoms with E-state index in [0.717, 1.165) is 10.9 Å². The summed E-state index contributed by atoms with van der Waals surface area (Å²) >= 11 is 3.54. The number of hydrogen-bond donors (Lipinski definition) is 0. The number of benzene rings is 1. The molecule has 118 valence electrons. The van der Waals surface area contributed by atoms with Crippen LogP contribution >= 0.6 is 15.9 Å². The fourth-order valence-electron chi connectivity index (χ4n) is 3.91. The molecule has 1 aliphatic heterocycles. The van der Waals surface area contributed by atoms with E-state index in [-0.39, 0.29) is 5.54 Å². The third-order valence-corrected chi connectivity index (χ3v) is 5.84. The first kappa shape index (κ1) is 16.0. The molecule has 0 bridgehead atoms. The SMILES string of the molecule is CC(C)[C@@]1(N2CCCCC2)C=CC=C(c2ccc(Br)cc2)C1. The van der Waals surface area contributed by atoms with Gasteiger partial charge in [0, 0.05) is 10.0 Å². The monoisotopic (exact) mass is 359 g/mol. The van der Waals surface area contributed by atoms with Crippen molar-refractivity contribution in [1.29, 1.82) is 0 Å². The van der Waals surface area contributed by atoms with Crippen LogP contribution in [0, 0.1) is 5.92 Å². The van der Waals surface area contributed by atoms with Crippen LogP contribution in [0.1, 0.15) is 45.1 Å². The van der Waals surface area contributed by atoms with E-state index in [1.807, 2.05) is 0 Å². The summed E-state index contributed by atoms with van der Waals surface area (Å²) in [4.78, 5) is 2.74. The predicted octanol–water partition coefficient (Wildman–Crippen LogP) is 5.67. The average Bonchev–Trinajstić information content (AvgIpc) is 2.56. The van der Waals surface area contributed by atoms with E-state index >= 15 is 0 Å². The molecule has 1 aromatic rings. The molecule has 22 heavy (non-hydrogen) atoms. The maximum absolute atomic E-state index is 3.54. The molecule has 0 unspecified atom stereocenters. The van der Waals surface area contributed by atoms with Crippen LogP contribution < -0.4 is 0 Å². The second kappa shape index (κ2) is 6.72. The minimum Gasteiger partial charge on any atom is -0.294 e. The van der Waals surface area contributed by atoms with Gasteiger partial charge in [0.25, 0.3) is 0 Å². The van der Waals surface area contributed by atoms with E-state index in [2.05, 4.69) is 77.2 Å². The fraction of sp³-hybridized carbons (Fsp3) is 0.500. The second-order valence-corrected chi connectivity index (χ2v) is 7.84. The molecule has 1 nitrogen and oxygen atoms in total. The largest absolute Gasteiger partial charge is 0.294 e. The van der Waals surface area contributed by atoms with Crippen LogP contribution in [0.15, 0.2) is 47.0 Å². The highest BCUT2D eigenvalue weighted by molar-refractivity contribution is 9.10. The number of halogens is 1. The molecule has 2 heteroatoms. The van der Waals surface area contributed by atoms with Gasteiger partial charge < -0.3 is 0 Å². The Bertz CT molecular complexity index is 564. The minimum absolute atomic E-state index is 0.192. The number of rotatable bonds is 3. The standard InChI is InChI=1S/C20H26BrN/c1-16(2)20(22-13-4-3-5-14-22)12-6-7-18(15-20)17-8-10-19(21)11-9-17/h6-12,16H,3-5,13-15H2,1-2H3/t20-/m1/s1. The molecule has 0 saturated carbocycles. The Morgan fingerprint density at radius 2 is 1.73 bits per heavy atom. The third kappa shape index (κ3) is 3.09. The van der Waals surface area contributed by atoms with Crippen molar-refractivity contribution in [3.63, 3.8) is 0 Å². The lowest BCUT2D eigenvalue weighted by atomic mass is 9.74. The van der Waals surface area contributed by atoms with Crippen LogP contribution in [-0.2, 0) is 0 Å². The zero-order valence-corrected chi connectivity index (χ0v) is 15.3. The number of allylic oxidation sites excluding steroid dienone is 2. The number of likely N-dealkylation sites (tertiary alicyclic amines) is 1. The summed E-state index contributed by atoms with van der Waals surface area (Å²) in [5.74, 6) is 0.626. The molecule has 0 amide bonds. The number of piperidine rings is 1. The highest BCUT2D eigenvalue weighted by Crippen LogP contribution is 2.40. The lowest BCUT2D eigenvalue weighted by molar-refractivity contribution is 0.0694. The Labute approximate surface area is 143 Å². The summed E-state index contributed by atoms with van der Waals surface area (Å²) in [5.41, 5.74) is 3.02. The first-order chi connectivity index (χ1) is 10.6. The molecular formula is C20H26BrN. The summed E-state index contributed by atoms with van der Waals surface area (Å²) in [7, 11) is 0. The van der Waals surface area contributed by atoms with Crippen molar-refractivity contribution in [2.75, 3.05) is 13.1 Å². The quantitative estimate of drug-likeness (QED) is 0.671. The smallest absolute Gasteiger partial charge is 0.0457 e. The summed E-state index contributed by atoms with van der Waals surface area (Å²) < 4.78 is 1.15. The van der Waals surface area contributed by atoms with E-state index in [9.17, 15) is 0 Å². The van der Waals surface area contributed by atoms with Gasteiger partial charge in [-0.15, -0.1) is 0 Å². The summed E-state index contributed by atoms with van der Waals surface area (Å²) in [6, 6.07) is 8.76. The Morgan fingerprint density at radius 1 is 1.05 bits per heavy atom. The lowest BCUT2D eigenvalue weighted by Gasteiger charge is -2.48. The fourth-order valence-corrected chi connectivity index (χ4v) is 4.17. The summed E-state index contributed by atoms with van der Waals surface area (Å²) in [5, 5.41) is 0. The van der Waals surface area contributed by atoms with E-state index in [1.165, 1.54) is 43.5 Å². The number of nitrogens with zero attached hydrogens (tertiary/aromatic N) is 1. The van der Waals surface area contributed by atoms with Gasteiger partial charge in [-0.3, -0.25) is 4.90 Å². The summed E-state index contributed by atoms with van der Waals surface area (Å²) in [6.45, 7) is 7.25. The van der Waals surface area contributed by atoms with Crippen LogP contribution in [-0.4, -0.2) is 23.5 Å². The van der Waals surface area contributed by atoms with Crippen molar-refractivity contribution >= 4 is 21.5 Å². The molecule has 1 fully saturated rings. The van der Waals surface area contributed by atoms with E-state index < -0.39 is 0 Å². The van der Waals surface area contributed by atoms with Gasteiger partial charge in [-0.1, -0.05) is 66.6 Å². The van der Waals surface area contributed by atoms with Gasteiger partial charge >= 0.3 is 0 Å². The second-order valence-electron chi connectivity index (χ2n) is 6.93. The van der Waals surface area contributed by atoms with Gasteiger partial charge in [0.1, 0.15) is 0 Å². The van der Waals surface area contributed by atoms with Crippen LogP contribution in [0.2, 0.25) is 0 Å². The van der Waals surface area contributed by atoms with Gasteiger partial charge in [-0.25, -0.2) is 0 Å². The van der Waals surface area contributed by atoms with Crippen molar-refractivity contribution in [2.45, 2.75) is 45.1 Å². The number of hydrogen-bond acceptors (Lipinski definition) is 1. The van der Waals surface area contributed by atoms with Gasteiger partial charge in [0.2, 0.25) is 0 Å². The molecule has 1 heterocycles. The first-order valence-electron chi connectivity index (χ1n) is 8.51. The highest BCUT2D eigenvalue weighted by atomic mass is 79.9. The van der Waals surface area contributed by atoms with E-state index in [1.54, 1.807) is 0 Å². The van der Waals surface area contributed by atoms with E-state index in [4.69, 9.17) is 0 Å². The maximum atomic E-state index is 3.54. The van der Waals surface area contributed by atoms with Crippen molar-refractivity contribution in [2.24, 2.45) is 5.92 Å². The van der Waals surface area contributed by atoms with Crippen molar-refractivity contribution in [1.82, 2.24) is 4.90 Å². The molecule has 0 N–H and O–H groups in total. The molecule has 1 aliphatic carbocycles. The van der Waals surface area contributed by atoms with Crippen molar-refractivity contribution in [3.8, 4) is 0 Å². The maximum Gasteiger partial charge on any atom is 0.0457 e. The van der Waals surface area contributed by atoms with Crippen molar-refractivity contribution in [3.05, 3.63) is 52.5 Å². The zero-order valence-electron chi connectivity index (χ0n) is 13.7. The van der Waals surface area contributed by atoms with Gasteiger partial charge in [0.05, 0.1) is 0 Å². The normalized spacial score (nSPS) is 26.3. The molecular weight excluding hydrogens is 334 g/mol. The molecule has 1 aromatic carbocycles. The first-order valence-corrected chi connectivity index (χ1v) is 9.30. The molecule has 3 rings (SSSR count). The minimum atomic E-state index is 0.192. The van der Waals surface area contributed by atoms with E-state index in [0.29, 0.717) is 5.92 Å². The van der Waals surface area contributed by atoms with Crippen molar-refractivity contribution < 1.29 is 0 Å². The topological polar surface area (TPSA) is 3.24 Å². The van der Waals surface area contributed by atoms with Crippen LogP contribution in [0.5, 0.6) is 0 Å². The molecule has 2 aliphatic rings. The third-order valence-electron chi connectivity index (χ3n) is 5.32. The van der Waals surface area contributed by atoms with Crippen LogP contribution in [0.3, 0.4) is 0 Å². The van der Waals surface area contributed by atoms with Crippen LogP contribution in [0.4, 0.5) is 0 Å². The highest BCUT2D eigenvalue weighted by Gasteiger charge is 2.39.